The third-order valence-corrected chi connectivity index (χ3v) is 16.8. The summed E-state index contributed by atoms with van der Waals surface area (Å²) in [5.41, 5.74) is 0. The molecule has 0 aliphatic carbocycles. The fourth-order valence-electron chi connectivity index (χ4n) is 11.2. The van der Waals surface area contributed by atoms with Crippen LogP contribution in [0.4, 0.5) is 0 Å². The standard InChI is InChI=1S/C70H133NO9/c1-3-5-7-9-11-13-15-17-19-21-22-23-24-25-26-27-28-29-30-31-32-33-34-35-36-37-38-39-40-41-43-45-47-49-51-53-55-57-59-64(74)69(78)71-62(61-79-70-68(77)67(76)66(75)65(60-72)80-70)63(73)58-56-54-52-50-48-46-44-42-20-18-16-14-12-10-8-6-4-2/h31-32,48,50,56,58,62-68,70,72-77H,3-30,33-47,49,51-55,57,59-61H2,1-2H3,(H,71,78)/b32-31-,50-48+,58-56+. The molecule has 10 nitrogen and oxygen atoms in total. The van der Waals surface area contributed by atoms with E-state index >= 15 is 0 Å². The number of aliphatic hydroxyl groups is 6. The molecule has 0 aromatic rings. The van der Waals surface area contributed by atoms with E-state index in [2.05, 4.69) is 43.5 Å². The number of unbranched alkanes of at least 4 members (excludes halogenated alkanes) is 46. The van der Waals surface area contributed by atoms with E-state index in [1.165, 1.54) is 276 Å². The fourth-order valence-corrected chi connectivity index (χ4v) is 11.2. The molecule has 1 fully saturated rings. The Balaban J connectivity index is 2.10. The van der Waals surface area contributed by atoms with Gasteiger partial charge in [-0.2, -0.15) is 0 Å². The second-order valence-electron chi connectivity index (χ2n) is 24.5. The van der Waals surface area contributed by atoms with Gasteiger partial charge in [-0.1, -0.05) is 320 Å². The minimum Gasteiger partial charge on any atom is -0.394 e. The van der Waals surface area contributed by atoms with Gasteiger partial charge in [0.05, 0.1) is 25.4 Å². The smallest absolute Gasteiger partial charge is 0.249 e. The molecule has 8 atom stereocenters. The molecule has 10 heteroatoms. The molecule has 0 radical (unpaired) electrons. The highest BCUT2D eigenvalue weighted by Crippen LogP contribution is 2.23. The fraction of sp³-hybridized carbons (Fsp3) is 0.900. The van der Waals surface area contributed by atoms with Gasteiger partial charge in [-0.05, 0) is 57.8 Å². The van der Waals surface area contributed by atoms with Gasteiger partial charge in [-0.25, -0.2) is 0 Å². The summed E-state index contributed by atoms with van der Waals surface area (Å²) in [6, 6.07) is -0.997. The molecule has 8 unspecified atom stereocenters. The summed E-state index contributed by atoms with van der Waals surface area (Å²) in [4.78, 5) is 13.2. The Hall–Kier alpha value is -1.63. The van der Waals surface area contributed by atoms with Gasteiger partial charge in [0.1, 0.15) is 30.5 Å². The summed E-state index contributed by atoms with van der Waals surface area (Å²) < 4.78 is 11.2. The van der Waals surface area contributed by atoms with Crippen molar-refractivity contribution in [2.45, 2.75) is 390 Å². The molecule has 0 saturated carbocycles. The van der Waals surface area contributed by atoms with Crippen LogP contribution in [-0.2, 0) is 14.3 Å². The number of hydrogen-bond donors (Lipinski definition) is 7. The number of nitrogens with one attached hydrogen (secondary N) is 1. The molecule has 1 amide bonds. The van der Waals surface area contributed by atoms with E-state index in [0.29, 0.717) is 19.3 Å². The normalized spacial score (nSPS) is 19.0. The zero-order valence-corrected chi connectivity index (χ0v) is 52.5. The molecule has 1 aliphatic rings. The lowest BCUT2D eigenvalue weighted by molar-refractivity contribution is -0.302. The van der Waals surface area contributed by atoms with Gasteiger partial charge in [-0.15, -0.1) is 0 Å². The summed E-state index contributed by atoms with van der Waals surface area (Å²) in [5, 5.41) is 65.2. The van der Waals surface area contributed by atoms with Gasteiger partial charge in [-0.3, -0.25) is 4.79 Å². The van der Waals surface area contributed by atoms with Crippen LogP contribution in [0.5, 0.6) is 0 Å². The number of allylic oxidation sites excluding steroid dienone is 5. The molecule has 472 valence electrons. The molecule has 80 heavy (non-hydrogen) atoms. The largest absolute Gasteiger partial charge is 0.394 e. The first-order valence-electron chi connectivity index (χ1n) is 34.8. The lowest BCUT2D eigenvalue weighted by Crippen LogP contribution is -2.60. The molecule has 1 rings (SSSR count). The van der Waals surface area contributed by atoms with Crippen LogP contribution >= 0.6 is 0 Å². The highest BCUT2D eigenvalue weighted by atomic mass is 16.7. The molecule has 0 aromatic carbocycles. The molecule has 0 aromatic heterocycles. The Morgan fingerprint density at radius 2 is 0.738 bits per heavy atom. The Morgan fingerprint density at radius 3 is 1.09 bits per heavy atom. The Kier molecular flexibility index (Phi) is 56.4. The first-order valence-corrected chi connectivity index (χ1v) is 34.8. The van der Waals surface area contributed by atoms with Crippen molar-refractivity contribution in [3.8, 4) is 0 Å². The van der Waals surface area contributed by atoms with Crippen molar-refractivity contribution in [2.24, 2.45) is 0 Å². The maximum Gasteiger partial charge on any atom is 0.249 e. The summed E-state index contributed by atoms with van der Waals surface area (Å²) >= 11 is 0. The summed E-state index contributed by atoms with van der Waals surface area (Å²) in [6.07, 6.45) is 68.8. The Labute approximate surface area is 494 Å². The predicted molar refractivity (Wildman–Crippen MR) is 338 cm³/mol. The second kappa shape index (κ2) is 59.1. The van der Waals surface area contributed by atoms with Crippen LogP contribution < -0.4 is 5.32 Å². The first kappa shape index (κ1) is 76.4. The predicted octanol–water partition coefficient (Wildman–Crippen LogP) is 17.6. The lowest BCUT2D eigenvalue weighted by atomic mass is 9.99. The van der Waals surface area contributed by atoms with E-state index in [0.717, 1.165) is 32.1 Å². The summed E-state index contributed by atoms with van der Waals surface area (Å²) in [5.74, 6) is -0.621. The SMILES string of the molecule is CCCCCCCCCCCCC/C=C/CC/C=C/C(O)C(COC1OC(CO)C(O)C(O)C1O)NC(=O)C(O)CCCCCCCCCCCCCCCCCC/C=C\CCCCCCCCCCCCCCCCCCCC. The number of rotatable bonds is 61. The van der Waals surface area contributed by atoms with Crippen molar-refractivity contribution in [1.82, 2.24) is 5.32 Å². The van der Waals surface area contributed by atoms with Crippen LogP contribution in [0, 0.1) is 0 Å². The molecule has 0 spiro atoms. The van der Waals surface area contributed by atoms with Crippen molar-refractivity contribution in [3.05, 3.63) is 36.5 Å². The maximum atomic E-state index is 13.2. The minimum absolute atomic E-state index is 0.306. The van der Waals surface area contributed by atoms with Gasteiger partial charge in [0.2, 0.25) is 5.91 Å². The van der Waals surface area contributed by atoms with Crippen molar-refractivity contribution in [1.29, 1.82) is 0 Å². The van der Waals surface area contributed by atoms with Gasteiger partial charge < -0.3 is 45.4 Å². The number of aliphatic hydroxyl groups excluding tert-OH is 6. The molecule has 1 aliphatic heterocycles. The number of ether oxygens (including phenoxy) is 2. The summed E-state index contributed by atoms with van der Waals surface area (Å²) in [7, 11) is 0. The minimum atomic E-state index is -1.62. The van der Waals surface area contributed by atoms with Gasteiger partial charge in [0, 0.05) is 0 Å². The van der Waals surface area contributed by atoms with Gasteiger partial charge >= 0.3 is 0 Å². The van der Waals surface area contributed by atoms with E-state index in [1.807, 2.05) is 6.08 Å². The van der Waals surface area contributed by atoms with E-state index in [-0.39, 0.29) is 6.61 Å². The average Bonchev–Trinajstić information content (AvgIpc) is 3.46. The zero-order valence-electron chi connectivity index (χ0n) is 52.5. The zero-order chi connectivity index (χ0) is 58.0. The maximum absolute atomic E-state index is 13.2. The first-order chi connectivity index (χ1) is 39.3. The highest BCUT2D eigenvalue weighted by molar-refractivity contribution is 5.80. The monoisotopic (exact) mass is 1130 g/mol. The molecule has 1 saturated heterocycles. The number of hydrogen-bond acceptors (Lipinski definition) is 9. The van der Waals surface area contributed by atoms with Crippen LogP contribution in [0.1, 0.15) is 341 Å². The molecule has 0 bridgehead atoms. The van der Waals surface area contributed by atoms with Crippen molar-refractivity contribution < 1.29 is 44.9 Å². The van der Waals surface area contributed by atoms with Crippen molar-refractivity contribution >= 4 is 5.91 Å². The highest BCUT2D eigenvalue weighted by Gasteiger charge is 2.44. The average molecular weight is 1130 g/mol. The molecular formula is C70H133NO9. The van der Waals surface area contributed by atoms with Crippen LogP contribution in [0.3, 0.4) is 0 Å². The van der Waals surface area contributed by atoms with Crippen molar-refractivity contribution in [2.75, 3.05) is 13.2 Å². The topological polar surface area (TPSA) is 169 Å². The Bertz CT molecular complexity index is 1380. The quantitative estimate of drug-likeness (QED) is 0.0232. The molecular weight excluding hydrogens is 999 g/mol. The van der Waals surface area contributed by atoms with Crippen LogP contribution in [0.15, 0.2) is 36.5 Å². The van der Waals surface area contributed by atoms with Crippen LogP contribution in [0.25, 0.3) is 0 Å². The number of carbonyl (C=O) groups is 1. The third-order valence-electron chi connectivity index (χ3n) is 16.8. The van der Waals surface area contributed by atoms with E-state index in [4.69, 9.17) is 9.47 Å². The number of amides is 1. The molecule has 7 N–H and O–H groups in total. The van der Waals surface area contributed by atoms with E-state index in [9.17, 15) is 35.4 Å². The molecule has 1 heterocycles. The Morgan fingerprint density at radius 1 is 0.425 bits per heavy atom. The second-order valence-corrected chi connectivity index (χ2v) is 24.5. The lowest BCUT2D eigenvalue weighted by Gasteiger charge is -2.40. The third kappa shape index (κ3) is 46.7. The van der Waals surface area contributed by atoms with Gasteiger partial charge in [0.25, 0.3) is 0 Å². The summed E-state index contributed by atoms with van der Waals surface area (Å²) in [6.45, 7) is 3.64. The van der Waals surface area contributed by atoms with Crippen LogP contribution in [0.2, 0.25) is 0 Å². The van der Waals surface area contributed by atoms with Gasteiger partial charge in [0.15, 0.2) is 6.29 Å². The van der Waals surface area contributed by atoms with E-state index in [1.54, 1.807) is 6.08 Å². The van der Waals surface area contributed by atoms with Crippen molar-refractivity contribution in [3.63, 3.8) is 0 Å². The van der Waals surface area contributed by atoms with Crippen LogP contribution in [-0.4, -0.2) is 98.7 Å². The number of carbonyl (C=O) groups excluding carboxylic acids is 1. The van der Waals surface area contributed by atoms with E-state index < -0.39 is 61.5 Å².